The topological polar surface area (TPSA) is 126 Å². The molecule has 0 unspecified atom stereocenters. The Bertz CT molecular complexity index is 716. The third kappa shape index (κ3) is 3.40. The molecule has 0 radical (unpaired) electrons. The highest BCUT2D eigenvalue weighted by molar-refractivity contribution is 7.89. The maximum absolute atomic E-state index is 11.1. The van der Waals surface area contributed by atoms with Crippen molar-refractivity contribution in [3.63, 3.8) is 0 Å². The monoisotopic (exact) mass is 318 g/mol. The van der Waals surface area contributed by atoms with Crippen LogP contribution < -0.4 is 9.88 Å². The molecule has 0 amide bonds. The maximum Gasteiger partial charge on any atom is 0.282 e. The van der Waals surface area contributed by atoms with Crippen LogP contribution in [0.2, 0.25) is 5.15 Å². The van der Waals surface area contributed by atoms with Gasteiger partial charge in [-0.25, -0.2) is 18.5 Å². The molecular weight excluding hydrogens is 308 g/mol. The first-order valence-electron chi connectivity index (χ1n) is 5.52. The predicted octanol–water partition coefficient (Wildman–Crippen LogP) is 0.147. The summed E-state index contributed by atoms with van der Waals surface area (Å²) in [4.78, 5) is 11.5. The van der Waals surface area contributed by atoms with E-state index in [9.17, 15) is 8.42 Å². The fraction of sp³-hybridized carbons (Fsp3) is 0.333. The molecule has 0 aliphatic heterocycles. The number of nitrogens with zero attached hydrogens (tertiary/aromatic N) is 5. The lowest BCUT2D eigenvalue weighted by Gasteiger charge is -2.05. The quantitative estimate of drug-likeness (QED) is 0.777. The standard InChI is InChI=1S/C9H11ClN6O3S/c1-2-3-19-7-4-6(10)13-8(14-7)16-5-12-9(15-16)20(11,17)18/h4-5H,2-3H2,1H3,(H2,11,17,18). The van der Waals surface area contributed by atoms with Gasteiger partial charge in [-0.1, -0.05) is 18.5 Å². The third-order valence-corrected chi connectivity index (χ3v) is 2.93. The SMILES string of the molecule is CCCOc1cc(Cl)nc(-n2cnc(S(N)(=O)=O)n2)n1. The van der Waals surface area contributed by atoms with Gasteiger partial charge in [-0.05, 0) is 6.42 Å². The van der Waals surface area contributed by atoms with Gasteiger partial charge in [-0.15, -0.1) is 5.10 Å². The molecule has 2 aromatic heterocycles. The van der Waals surface area contributed by atoms with Gasteiger partial charge in [0.25, 0.3) is 21.1 Å². The molecule has 0 bridgehead atoms. The zero-order chi connectivity index (χ0) is 14.8. The average Bonchev–Trinajstić information content (AvgIpc) is 2.85. The molecule has 0 saturated heterocycles. The number of ether oxygens (including phenoxy) is 1. The summed E-state index contributed by atoms with van der Waals surface area (Å²) in [5, 5.41) is 8.19. The van der Waals surface area contributed by atoms with Crippen molar-refractivity contribution in [2.75, 3.05) is 6.61 Å². The Labute approximate surface area is 119 Å². The van der Waals surface area contributed by atoms with Crippen LogP contribution in [0.3, 0.4) is 0 Å². The summed E-state index contributed by atoms with van der Waals surface area (Å²) in [5.74, 6) is 0.292. The fourth-order valence-electron chi connectivity index (χ4n) is 1.24. The molecule has 108 valence electrons. The summed E-state index contributed by atoms with van der Waals surface area (Å²) in [6.45, 7) is 2.41. The molecule has 2 aromatic rings. The highest BCUT2D eigenvalue weighted by atomic mass is 35.5. The van der Waals surface area contributed by atoms with Crippen LogP contribution in [0.4, 0.5) is 0 Å². The Morgan fingerprint density at radius 1 is 1.45 bits per heavy atom. The minimum Gasteiger partial charge on any atom is -0.478 e. The van der Waals surface area contributed by atoms with Crippen molar-refractivity contribution in [2.24, 2.45) is 5.14 Å². The Morgan fingerprint density at radius 3 is 2.80 bits per heavy atom. The van der Waals surface area contributed by atoms with E-state index in [0.717, 1.165) is 17.4 Å². The van der Waals surface area contributed by atoms with Crippen molar-refractivity contribution < 1.29 is 13.2 Å². The van der Waals surface area contributed by atoms with Gasteiger partial charge in [0, 0.05) is 6.07 Å². The van der Waals surface area contributed by atoms with Gasteiger partial charge >= 0.3 is 0 Å². The minimum atomic E-state index is -3.99. The van der Waals surface area contributed by atoms with Crippen LogP contribution in [-0.2, 0) is 10.0 Å². The molecule has 0 aromatic carbocycles. The molecule has 11 heteroatoms. The van der Waals surface area contributed by atoms with Crippen molar-refractivity contribution in [3.05, 3.63) is 17.5 Å². The van der Waals surface area contributed by atoms with Crippen LogP contribution >= 0.6 is 11.6 Å². The van der Waals surface area contributed by atoms with E-state index < -0.39 is 15.2 Å². The summed E-state index contributed by atoms with van der Waals surface area (Å²) in [7, 11) is -3.99. The first-order valence-corrected chi connectivity index (χ1v) is 7.45. The molecule has 0 fully saturated rings. The predicted molar refractivity (Wildman–Crippen MR) is 69.1 cm³/mol. The van der Waals surface area contributed by atoms with Crippen LogP contribution in [0.15, 0.2) is 17.6 Å². The lowest BCUT2D eigenvalue weighted by Crippen LogP contribution is -2.14. The van der Waals surface area contributed by atoms with Gasteiger partial charge in [-0.2, -0.15) is 14.6 Å². The summed E-state index contributed by atoms with van der Waals surface area (Å²) in [5.41, 5.74) is 0. The molecule has 20 heavy (non-hydrogen) atoms. The second-order valence-corrected chi connectivity index (χ2v) is 5.54. The number of rotatable bonds is 5. The number of primary sulfonamides is 1. The first-order chi connectivity index (χ1) is 9.40. The van der Waals surface area contributed by atoms with Crippen molar-refractivity contribution >= 4 is 21.6 Å². The molecule has 0 saturated carbocycles. The van der Waals surface area contributed by atoms with Gasteiger partial charge in [0.15, 0.2) is 0 Å². The largest absolute Gasteiger partial charge is 0.478 e. The van der Waals surface area contributed by atoms with Crippen molar-refractivity contribution in [2.45, 2.75) is 18.5 Å². The van der Waals surface area contributed by atoms with Crippen molar-refractivity contribution in [3.8, 4) is 11.8 Å². The highest BCUT2D eigenvalue weighted by Gasteiger charge is 2.16. The number of aromatic nitrogens is 5. The van der Waals surface area contributed by atoms with Crippen LogP contribution in [-0.4, -0.2) is 39.8 Å². The van der Waals surface area contributed by atoms with E-state index in [4.69, 9.17) is 21.5 Å². The second-order valence-electron chi connectivity index (χ2n) is 3.69. The smallest absolute Gasteiger partial charge is 0.282 e. The molecule has 2 rings (SSSR count). The summed E-state index contributed by atoms with van der Waals surface area (Å²) in [6, 6.07) is 1.44. The van der Waals surface area contributed by atoms with Crippen LogP contribution in [0.1, 0.15) is 13.3 Å². The Hall–Kier alpha value is -1.78. The van der Waals surface area contributed by atoms with Crippen molar-refractivity contribution in [1.29, 1.82) is 0 Å². The van der Waals surface area contributed by atoms with Gasteiger partial charge in [-0.3, -0.25) is 0 Å². The molecule has 0 aliphatic carbocycles. The number of halogens is 1. The number of nitrogens with two attached hydrogens (primary N) is 1. The van der Waals surface area contributed by atoms with Crippen LogP contribution in [0.25, 0.3) is 5.95 Å². The highest BCUT2D eigenvalue weighted by Crippen LogP contribution is 2.16. The lowest BCUT2D eigenvalue weighted by atomic mass is 10.5. The van der Waals surface area contributed by atoms with Gasteiger partial charge in [0.2, 0.25) is 5.88 Å². The second kappa shape index (κ2) is 5.69. The minimum absolute atomic E-state index is 0.0333. The molecule has 2 N–H and O–H groups in total. The van der Waals surface area contributed by atoms with E-state index in [2.05, 4.69) is 20.1 Å². The Morgan fingerprint density at radius 2 is 2.20 bits per heavy atom. The molecule has 0 aliphatic rings. The first kappa shape index (κ1) is 14.6. The number of hydrogen-bond donors (Lipinski definition) is 1. The van der Waals surface area contributed by atoms with Gasteiger partial charge < -0.3 is 4.74 Å². The van der Waals surface area contributed by atoms with E-state index >= 15 is 0 Å². The van der Waals surface area contributed by atoms with E-state index in [1.807, 2.05) is 6.92 Å². The van der Waals surface area contributed by atoms with Crippen LogP contribution in [0, 0.1) is 0 Å². The average molecular weight is 319 g/mol. The number of hydrogen-bond acceptors (Lipinski definition) is 7. The molecule has 0 spiro atoms. The summed E-state index contributed by atoms with van der Waals surface area (Å²) in [6.07, 6.45) is 1.92. The zero-order valence-electron chi connectivity index (χ0n) is 10.4. The normalized spacial score (nSPS) is 11.6. The Kier molecular flexibility index (Phi) is 4.16. The van der Waals surface area contributed by atoms with E-state index in [1.54, 1.807) is 0 Å². The molecule has 0 atom stereocenters. The fourth-order valence-corrected chi connectivity index (χ4v) is 1.81. The summed E-state index contributed by atoms with van der Waals surface area (Å²) < 4.78 is 28.6. The van der Waals surface area contributed by atoms with Crippen molar-refractivity contribution in [1.82, 2.24) is 24.7 Å². The van der Waals surface area contributed by atoms with Crippen LogP contribution in [0.5, 0.6) is 5.88 Å². The zero-order valence-corrected chi connectivity index (χ0v) is 12.0. The van der Waals surface area contributed by atoms with E-state index in [1.165, 1.54) is 6.07 Å². The maximum atomic E-state index is 11.1. The molecular formula is C9H11ClN6O3S. The Balaban J connectivity index is 2.37. The van der Waals surface area contributed by atoms with Gasteiger partial charge in [0.1, 0.15) is 11.5 Å². The van der Waals surface area contributed by atoms with E-state index in [-0.39, 0.29) is 17.0 Å². The van der Waals surface area contributed by atoms with E-state index in [0.29, 0.717) is 6.61 Å². The number of sulfonamides is 1. The van der Waals surface area contributed by atoms with Gasteiger partial charge in [0.05, 0.1) is 6.61 Å². The lowest BCUT2D eigenvalue weighted by molar-refractivity contribution is 0.304. The molecule has 9 nitrogen and oxygen atoms in total. The summed E-state index contributed by atoms with van der Waals surface area (Å²) >= 11 is 5.84. The third-order valence-electron chi connectivity index (χ3n) is 2.04. The molecule has 2 heterocycles.